The van der Waals surface area contributed by atoms with Gasteiger partial charge in [0.1, 0.15) is 6.04 Å². The van der Waals surface area contributed by atoms with E-state index in [1.54, 1.807) is 0 Å². The van der Waals surface area contributed by atoms with E-state index in [1.165, 1.54) is 12.0 Å². The van der Waals surface area contributed by atoms with Crippen LogP contribution in [0.4, 0.5) is 8.78 Å². The molecule has 86 valence electrons. The number of alkyl halides is 2. The Labute approximate surface area is 86.1 Å². The molecule has 0 saturated carbocycles. The summed E-state index contributed by atoms with van der Waals surface area (Å²) in [5, 5.41) is 0. The molecule has 2 heterocycles. The molecule has 1 atom stereocenters. The maximum absolute atomic E-state index is 13.2. The SMILES string of the molecule is COC(=O)[C@@H]1CC(F)(F)CN1C1COC1. The first-order valence-electron chi connectivity index (χ1n) is 4.82. The average Bonchev–Trinajstić information content (AvgIpc) is 2.37. The summed E-state index contributed by atoms with van der Waals surface area (Å²) in [5.41, 5.74) is 0. The number of ether oxygens (including phenoxy) is 2. The Kier molecular flexibility index (Phi) is 2.64. The van der Waals surface area contributed by atoms with Crippen LogP contribution in [0.2, 0.25) is 0 Å². The molecule has 0 N–H and O–H groups in total. The monoisotopic (exact) mass is 221 g/mol. The summed E-state index contributed by atoms with van der Waals surface area (Å²) in [6.45, 7) is 0.466. The van der Waals surface area contributed by atoms with Gasteiger partial charge in [0.2, 0.25) is 0 Å². The molecular formula is C9H13F2NO3. The number of nitrogens with zero attached hydrogens (tertiary/aromatic N) is 1. The minimum atomic E-state index is -2.80. The molecule has 0 aromatic heterocycles. The van der Waals surface area contributed by atoms with Crippen molar-refractivity contribution in [2.75, 3.05) is 26.9 Å². The van der Waals surface area contributed by atoms with Crippen LogP contribution in [0.5, 0.6) is 0 Å². The third-order valence-electron chi connectivity index (χ3n) is 2.87. The molecule has 0 bridgehead atoms. The maximum Gasteiger partial charge on any atom is 0.323 e. The number of carbonyl (C=O) groups is 1. The standard InChI is InChI=1S/C9H13F2NO3/c1-14-8(13)7-2-9(10,11)5-12(7)6-3-15-4-6/h6-7H,2-5H2,1H3/t7-/m0/s1. The summed E-state index contributed by atoms with van der Waals surface area (Å²) in [7, 11) is 1.22. The highest BCUT2D eigenvalue weighted by Gasteiger charge is 2.51. The zero-order chi connectivity index (χ0) is 11.1. The lowest BCUT2D eigenvalue weighted by atomic mass is 10.1. The number of carbonyl (C=O) groups excluding carboxylic acids is 1. The second kappa shape index (κ2) is 3.68. The van der Waals surface area contributed by atoms with Crippen LogP contribution >= 0.6 is 0 Å². The Bertz CT molecular complexity index is 268. The van der Waals surface area contributed by atoms with Gasteiger partial charge in [-0.05, 0) is 0 Å². The van der Waals surface area contributed by atoms with E-state index in [4.69, 9.17) is 4.74 Å². The summed E-state index contributed by atoms with van der Waals surface area (Å²) < 4.78 is 35.8. The number of halogens is 2. The second-order valence-corrected chi connectivity index (χ2v) is 3.96. The molecule has 2 aliphatic heterocycles. The highest BCUT2D eigenvalue weighted by molar-refractivity contribution is 5.76. The van der Waals surface area contributed by atoms with E-state index < -0.39 is 24.4 Å². The molecular weight excluding hydrogens is 208 g/mol. The molecule has 0 amide bonds. The fourth-order valence-electron chi connectivity index (χ4n) is 2.00. The van der Waals surface area contributed by atoms with Crippen molar-refractivity contribution in [3.63, 3.8) is 0 Å². The molecule has 15 heavy (non-hydrogen) atoms. The topological polar surface area (TPSA) is 38.8 Å². The Hall–Kier alpha value is -0.750. The van der Waals surface area contributed by atoms with E-state index in [-0.39, 0.29) is 12.6 Å². The fourth-order valence-corrected chi connectivity index (χ4v) is 2.00. The van der Waals surface area contributed by atoms with E-state index in [1.807, 2.05) is 0 Å². The van der Waals surface area contributed by atoms with Gasteiger partial charge in [-0.1, -0.05) is 0 Å². The van der Waals surface area contributed by atoms with Gasteiger partial charge >= 0.3 is 5.97 Å². The van der Waals surface area contributed by atoms with Gasteiger partial charge < -0.3 is 9.47 Å². The van der Waals surface area contributed by atoms with Gasteiger partial charge in [-0.15, -0.1) is 0 Å². The number of rotatable bonds is 2. The lowest BCUT2D eigenvalue weighted by Crippen LogP contribution is -2.53. The van der Waals surface area contributed by atoms with E-state index >= 15 is 0 Å². The second-order valence-electron chi connectivity index (χ2n) is 3.96. The largest absolute Gasteiger partial charge is 0.468 e. The van der Waals surface area contributed by atoms with Gasteiger partial charge in [0.05, 0.1) is 32.9 Å². The predicted octanol–water partition coefficient (Wildman–Crippen LogP) is 0.268. The zero-order valence-corrected chi connectivity index (χ0v) is 8.41. The molecule has 4 nitrogen and oxygen atoms in total. The van der Waals surface area contributed by atoms with Gasteiger partial charge in [0, 0.05) is 6.42 Å². The van der Waals surface area contributed by atoms with Gasteiger partial charge in [-0.25, -0.2) is 8.78 Å². The predicted molar refractivity (Wildman–Crippen MR) is 46.7 cm³/mol. The molecule has 2 saturated heterocycles. The van der Waals surface area contributed by atoms with E-state index in [0.717, 1.165) is 0 Å². The summed E-state index contributed by atoms with van der Waals surface area (Å²) in [4.78, 5) is 12.8. The molecule has 0 aromatic carbocycles. The van der Waals surface area contributed by atoms with Crippen LogP contribution in [0.1, 0.15) is 6.42 Å². The van der Waals surface area contributed by atoms with Crippen molar-refractivity contribution in [2.24, 2.45) is 0 Å². The highest BCUT2D eigenvalue weighted by atomic mass is 19.3. The van der Waals surface area contributed by atoms with Gasteiger partial charge in [0.15, 0.2) is 0 Å². The van der Waals surface area contributed by atoms with Crippen molar-refractivity contribution in [2.45, 2.75) is 24.4 Å². The minimum absolute atomic E-state index is 0.0672. The summed E-state index contributed by atoms with van der Waals surface area (Å²) in [6, 6.07) is -0.888. The fraction of sp³-hybridized carbons (Fsp3) is 0.889. The van der Waals surface area contributed by atoms with E-state index in [9.17, 15) is 13.6 Å². The first kappa shape index (κ1) is 10.8. The Morgan fingerprint density at radius 1 is 1.53 bits per heavy atom. The smallest absolute Gasteiger partial charge is 0.323 e. The van der Waals surface area contributed by atoms with Gasteiger partial charge in [-0.3, -0.25) is 9.69 Å². The van der Waals surface area contributed by atoms with Crippen molar-refractivity contribution < 1.29 is 23.0 Å². The number of likely N-dealkylation sites (tertiary alicyclic amines) is 1. The van der Waals surface area contributed by atoms with Crippen molar-refractivity contribution >= 4 is 5.97 Å². The van der Waals surface area contributed by atoms with Crippen LogP contribution in [0, 0.1) is 0 Å². The molecule has 2 aliphatic rings. The zero-order valence-electron chi connectivity index (χ0n) is 8.41. The quantitative estimate of drug-likeness (QED) is 0.627. The first-order chi connectivity index (χ1) is 7.03. The number of esters is 1. The summed E-state index contributed by atoms with van der Waals surface area (Å²) >= 11 is 0. The summed E-state index contributed by atoms with van der Waals surface area (Å²) in [6.07, 6.45) is -0.448. The van der Waals surface area contributed by atoms with Crippen molar-refractivity contribution in [1.82, 2.24) is 4.90 Å². The lowest BCUT2D eigenvalue weighted by Gasteiger charge is -2.36. The molecule has 0 aromatic rings. The molecule has 2 fully saturated rings. The number of hydrogen-bond donors (Lipinski definition) is 0. The Morgan fingerprint density at radius 3 is 2.67 bits per heavy atom. The number of hydrogen-bond acceptors (Lipinski definition) is 4. The minimum Gasteiger partial charge on any atom is -0.468 e. The van der Waals surface area contributed by atoms with E-state index in [0.29, 0.717) is 13.2 Å². The molecule has 0 radical (unpaired) electrons. The normalized spacial score (nSPS) is 31.3. The molecule has 0 aliphatic carbocycles. The van der Waals surface area contributed by atoms with Crippen molar-refractivity contribution in [1.29, 1.82) is 0 Å². The molecule has 2 rings (SSSR count). The molecule has 6 heteroatoms. The van der Waals surface area contributed by atoms with Gasteiger partial charge in [-0.2, -0.15) is 0 Å². The van der Waals surface area contributed by atoms with Crippen LogP contribution in [-0.2, 0) is 14.3 Å². The van der Waals surface area contributed by atoms with Crippen LogP contribution < -0.4 is 0 Å². The van der Waals surface area contributed by atoms with Crippen molar-refractivity contribution in [3.8, 4) is 0 Å². The molecule has 0 unspecified atom stereocenters. The lowest BCUT2D eigenvalue weighted by molar-refractivity contribution is -0.150. The summed E-state index contributed by atoms with van der Waals surface area (Å²) in [5.74, 6) is -3.38. The van der Waals surface area contributed by atoms with E-state index in [2.05, 4.69) is 4.74 Å². The Morgan fingerprint density at radius 2 is 2.20 bits per heavy atom. The maximum atomic E-state index is 13.2. The first-order valence-corrected chi connectivity index (χ1v) is 4.82. The van der Waals surface area contributed by atoms with Crippen LogP contribution in [0.15, 0.2) is 0 Å². The average molecular weight is 221 g/mol. The Balaban J connectivity index is 2.08. The van der Waals surface area contributed by atoms with Crippen LogP contribution in [-0.4, -0.2) is 55.7 Å². The third kappa shape index (κ3) is 1.96. The third-order valence-corrected chi connectivity index (χ3v) is 2.87. The molecule has 0 spiro atoms. The number of methoxy groups -OCH3 is 1. The van der Waals surface area contributed by atoms with Crippen LogP contribution in [0.3, 0.4) is 0 Å². The highest BCUT2D eigenvalue weighted by Crippen LogP contribution is 2.35. The van der Waals surface area contributed by atoms with Crippen LogP contribution in [0.25, 0.3) is 0 Å². The van der Waals surface area contributed by atoms with Crippen molar-refractivity contribution in [3.05, 3.63) is 0 Å². The van der Waals surface area contributed by atoms with Gasteiger partial charge in [0.25, 0.3) is 5.92 Å².